The highest BCUT2D eigenvalue weighted by Crippen LogP contribution is 2.41. The number of nitrogens with two attached hydrogens (primary N) is 1. The predicted octanol–water partition coefficient (Wildman–Crippen LogP) is 3.64. The fourth-order valence-corrected chi connectivity index (χ4v) is 2.69. The second-order valence-electron chi connectivity index (χ2n) is 6.04. The second-order valence-corrected chi connectivity index (χ2v) is 7.56. The van der Waals surface area contributed by atoms with E-state index in [2.05, 4.69) is 30.7 Å². The van der Waals surface area contributed by atoms with Gasteiger partial charge in [0.05, 0.1) is 11.0 Å². The van der Waals surface area contributed by atoms with Crippen LogP contribution < -0.4 is 5.73 Å². The molecule has 3 rings (SSSR count). The number of rotatable bonds is 4. The van der Waals surface area contributed by atoms with Gasteiger partial charge >= 0.3 is 0 Å². The normalized spacial score (nSPS) is 16.2. The number of thioether (sulfide) groups is 1. The van der Waals surface area contributed by atoms with Crippen molar-refractivity contribution in [1.82, 2.24) is 9.55 Å². The molecule has 0 unspecified atom stereocenters. The van der Waals surface area contributed by atoms with E-state index in [1.54, 1.807) is 0 Å². The molecule has 0 amide bonds. The number of hydrogen-bond donors (Lipinski definition) is 1. The van der Waals surface area contributed by atoms with Gasteiger partial charge in [-0.05, 0) is 51.1 Å². The molecule has 1 aromatic carbocycles. The Morgan fingerprint density at radius 3 is 2.79 bits per heavy atom. The summed E-state index contributed by atoms with van der Waals surface area (Å²) in [6.45, 7) is 5.58. The Morgan fingerprint density at radius 1 is 1.42 bits per heavy atom. The summed E-state index contributed by atoms with van der Waals surface area (Å²) in [5.74, 6) is 1.91. The van der Waals surface area contributed by atoms with E-state index in [4.69, 9.17) is 10.7 Å². The highest BCUT2D eigenvalue weighted by Gasteiger charge is 2.31. The van der Waals surface area contributed by atoms with Crippen molar-refractivity contribution in [2.24, 2.45) is 0 Å². The smallest absolute Gasteiger partial charge is 0.113 e. The first kappa shape index (κ1) is 12.9. The van der Waals surface area contributed by atoms with Gasteiger partial charge in [0.1, 0.15) is 5.82 Å². The Hall–Kier alpha value is -1.16. The largest absolute Gasteiger partial charge is 0.399 e. The summed E-state index contributed by atoms with van der Waals surface area (Å²) in [6.07, 6.45) is 4.73. The molecule has 102 valence electrons. The number of aromatic nitrogens is 2. The van der Waals surface area contributed by atoms with Crippen LogP contribution in [0.4, 0.5) is 5.69 Å². The molecule has 1 heterocycles. The maximum Gasteiger partial charge on any atom is 0.113 e. The van der Waals surface area contributed by atoms with Crippen LogP contribution in [0.3, 0.4) is 0 Å². The molecule has 1 aromatic heterocycles. The molecular weight excluding hydrogens is 254 g/mol. The number of benzene rings is 1. The summed E-state index contributed by atoms with van der Waals surface area (Å²) in [6, 6.07) is 6.08. The van der Waals surface area contributed by atoms with E-state index in [0.717, 1.165) is 17.7 Å². The summed E-state index contributed by atoms with van der Waals surface area (Å²) < 4.78 is 2.63. The third kappa shape index (κ3) is 2.46. The minimum absolute atomic E-state index is 0.221. The quantitative estimate of drug-likeness (QED) is 0.866. The highest BCUT2D eigenvalue weighted by molar-refractivity contribution is 7.99. The van der Waals surface area contributed by atoms with Crippen LogP contribution in [0.15, 0.2) is 18.2 Å². The van der Waals surface area contributed by atoms with Crippen molar-refractivity contribution >= 4 is 28.5 Å². The Kier molecular flexibility index (Phi) is 3.01. The molecule has 2 N–H and O–H groups in total. The number of nitrogen functional groups attached to an aromatic ring is 1. The molecule has 3 nitrogen and oxygen atoms in total. The molecule has 1 saturated carbocycles. The summed E-state index contributed by atoms with van der Waals surface area (Å²) in [7, 11) is 0. The fraction of sp³-hybridized carbons (Fsp3) is 0.533. The van der Waals surface area contributed by atoms with E-state index < -0.39 is 0 Å². The zero-order valence-corrected chi connectivity index (χ0v) is 12.6. The average Bonchev–Trinajstić information content (AvgIpc) is 3.14. The van der Waals surface area contributed by atoms with Crippen molar-refractivity contribution in [3.63, 3.8) is 0 Å². The molecule has 0 atom stereocenters. The maximum atomic E-state index is 5.87. The topological polar surface area (TPSA) is 43.8 Å². The van der Waals surface area contributed by atoms with Crippen LogP contribution in [0.1, 0.15) is 38.4 Å². The number of anilines is 1. The zero-order valence-electron chi connectivity index (χ0n) is 11.8. The lowest BCUT2D eigenvalue weighted by Crippen LogP contribution is -2.23. The molecular formula is C15H21N3S. The lowest BCUT2D eigenvalue weighted by Gasteiger charge is -2.24. The van der Waals surface area contributed by atoms with Crippen molar-refractivity contribution < 1.29 is 0 Å². The first-order chi connectivity index (χ1) is 9.00. The number of nitrogens with zero attached hydrogens (tertiary/aromatic N) is 2. The maximum absolute atomic E-state index is 5.87. The van der Waals surface area contributed by atoms with Crippen LogP contribution in [0, 0.1) is 0 Å². The van der Waals surface area contributed by atoms with E-state index in [1.165, 1.54) is 24.2 Å². The van der Waals surface area contributed by atoms with Crippen molar-refractivity contribution in [3.8, 4) is 0 Å². The number of fused-ring (bicyclic) bond motifs is 1. The molecule has 0 saturated heterocycles. The molecule has 4 heteroatoms. The van der Waals surface area contributed by atoms with E-state index >= 15 is 0 Å². The number of imidazole rings is 1. The SMILES string of the molecule is CSC(C)(C)Cn1c(C2CC2)nc2cc(N)ccc21. The third-order valence-electron chi connectivity index (χ3n) is 3.84. The molecule has 1 aliphatic carbocycles. The highest BCUT2D eigenvalue weighted by atomic mass is 32.2. The van der Waals surface area contributed by atoms with Gasteiger partial charge in [-0.3, -0.25) is 0 Å². The summed E-state index contributed by atoms with van der Waals surface area (Å²) in [5.41, 5.74) is 8.93. The van der Waals surface area contributed by atoms with Gasteiger partial charge in [-0.15, -0.1) is 0 Å². The molecule has 2 aromatic rings. The van der Waals surface area contributed by atoms with Gasteiger partial charge in [0.15, 0.2) is 0 Å². The van der Waals surface area contributed by atoms with E-state index in [0.29, 0.717) is 5.92 Å². The first-order valence-electron chi connectivity index (χ1n) is 6.81. The average molecular weight is 275 g/mol. The van der Waals surface area contributed by atoms with Gasteiger partial charge in [-0.25, -0.2) is 4.98 Å². The Bertz CT molecular complexity index is 611. The Labute approximate surface area is 118 Å². The van der Waals surface area contributed by atoms with Gasteiger partial charge in [-0.2, -0.15) is 11.8 Å². The van der Waals surface area contributed by atoms with Gasteiger partial charge in [0, 0.05) is 22.9 Å². The van der Waals surface area contributed by atoms with Gasteiger partial charge < -0.3 is 10.3 Å². The van der Waals surface area contributed by atoms with Crippen molar-refractivity contribution in [1.29, 1.82) is 0 Å². The Morgan fingerprint density at radius 2 is 2.16 bits per heavy atom. The van der Waals surface area contributed by atoms with Gasteiger partial charge in [-0.1, -0.05) is 0 Å². The summed E-state index contributed by atoms with van der Waals surface area (Å²) >= 11 is 1.90. The molecule has 0 aliphatic heterocycles. The number of hydrogen-bond acceptors (Lipinski definition) is 3. The standard InChI is InChI=1S/C15H21N3S/c1-15(2,19-3)9-18-13-7-6-11(16)8-12(13)17-14(18)10-4-5-10/h6-8,10H,4-5,9,16H2,1-3H3. The van der Waals surface area contributed by atoms with Crippen LogP contribution in [0.2, 0.25) is 0 Å². The van der Waals surface area contributed by atoms with E-state index in [9.17, 15) is 0 Å². The monoisotopic (exact) mass is 275 g/mol. The van der Waals surface area contributed by atoms with E-state index in [1.807, 2.05) is 23.9 Å². The lowest BCUT2D eigenvalue weighted by molar-refractivity contribution is 0.559. The zero-order chi connectivity index (χ0) is 13.6. The molecule has 0 bridgehead atoms. The minimum Gasteiger partial charge on any atom is -0.399 e. The molecule has 19 heavy (non-hydrogen) atoms. The molecule has 0 radical (unpaired) electrons. The molecule has 1 fully saturated rings. The van der Waals surface area contributed by atoms with Crippen LogP contribution in [0.25, 0.3) is 11.0 Å². The summed E-state index contributed by atoms with van der Waals surface area (Å²) in [5, 5.41) is 0. The van der Waals surface area contributed by atoms with Crippen LogP contribution in [-0.4, -0.2) is 20.6 Å². The lowest BCUT2D eigenvalue weighted by atomic mass is 10.2. The van der Waals surface area contributed by atoms with Crippen molar-refractivity contribution in [3.05, 3.63) is 24.0 Å². The van der Waals surface area contributed by atoms with Crippen LogP contribution in [0.5, 0.6) is 0 Å². The van der Waals surface area contributed by atoms with Crippen LogP contribution >= 0.6 is 11.8 Å². The van der Waals surface area contributed by atoms with E-state index in [-0.39, 0.29) is 4.75 Å². The first-order valence-corrected chi connectivity index (χ1v) is 8.03. The summed E-state index contributed by atoms with van der Waals surface area (Å²) in [4.78, 5) is 4.83. The van der Waals surface area contributed by atoms with Gasteiger partial charge in [0.2, 0.25) is 0 Å². The van der Waals surface area contributed by atoms with Crippen LogP contribution in [-0.2, 0) is 6.54 Å². The third-order valence-corrected chi connectivity index (χ3v) is 5.07. The molecule has 1 aliphatic rings. The molecule has 0 spiro atoms. The predicted molar refractivity (Wildman–Crippen MR) is 83.7 cm³/mol. The van der Waals surface area contributed by atoms with Crippen molar-refractivity contribution in [2.45, 2.75) is 43.9 Å². The minimum atomic E-state index is 0.221. The fourth-order valence-electron chi connectivity index (χ4n) is 2.43. The second kappa shape index (κ2) is 4.44. The Balaban J connectivity index is 2.11. The van der Waals surface area contributed by atoms with Crippen molar-refractivity contribution in [2.75, 3.05) is 12.0 Å². The van der Waals surface area contributed by atoms with Gasteiger partial charge in [0.25, 0.3) is 0 Å².